The lowest BCUT2D eigenvalue weighted by atomic mass is 9.97. The van der Waals surface area contributed by atoms with Gasteiger partial charge in [-0.05, 0) is 38.8 Å². The van der Waals surface area contributed by atoms with Crippen molar-refractivity contribution in [2.75, 3.05) is 26.8 Å². The fourth-order valence-electron chi connectivity index (χ4n) is 1.82. The second-order valence-corrected chi connectivity index (χ2v) is 3.74. The van der Waals surface area contributed by atoms with Crippen molar-refractivity contribution >= 4 is 0 Å². The molecule has 0 amide bonds. The number of hydrogen-bond donors (Lipinski definition) is 0. The highest BCUT2D eigenvalue weighted by Crippen LogP contribution is 2.18. The maximum Gasteiger partial charge on any atom is 0.0949 e. The van der Waals surface area contributed by atoms with Gasteiger partial charge in [-0.25, -0.2) is 0 Å². The molecule has 1 atom stereocenters. The van der Waals surface area contributed by atoms with Crippen LogP contribution in [0.25, 0.3) is 0 Å². The number of hydrogen-bond acceptors (Lipinski definition) is 3. The Balaban J connectivity index is 2.27. The van der Waals surface area contributed by atoms with Gasteiger partial charge in [0.2, 0.25) is 0 Å². The minimum Gasteiger partial charge on any atom is -0.384 e. The summed E-state index contributed by atoms with van der Waals surface area (Å²) in [5.74, 6) is 0.701. The van der Waals surface area contributed by atoms with Crippen molar-refractivity contribution in [2.45, 2.75) is 25.8 Å². The number of likely N-dealkylation sites (tertiary alicyclic amines) is 1. The summed E-state index contributed by atoms with van der Waals surface area (Å²) >= 11 is 0. The average molecular weight is 182 g/mol. The Labute approximate surface area is 80.3 Å². The predicted octanol–water partition coefficient (Wildman–Crippen LogP) is 1.26. The molecule has 1 rings (SSSR count). The van der Waals surface area contributed by atoms with Gasteiger partial charge in [-0.15, -0.1) is 0 Å². The van der Waals surface area contributed by atoms with Crippen LogP contribution in [0, 0.1) is 17.2 Å². The molecule has 0 aromatic carbocycles. The Kier molecular flexibility index (Phi) is 4.20. The quantitative estimate of drug-likeness (QED) is 0.659. The van der Waals surface area contributed by atoms with Crippen LogP contribution in [0.5, 0.6) is 0 Å². The van der Waals surface area contributed by atoms with Crippen molar-refractivity contribution < 1.29 is 4.74 Å². The Morgan fingerprint density at radius 1 is 1.54 bits per heavy atom. The van der Waals surface area contributed by atoms with Crippen LogP contribution >= 0.6 is 0 Å². The summed E-state index contributed by atoms with van der Waals surface area (Å²) in [4.78, 5) is 2.24. The van der Waals surface area contributed by atoms with Gasteiger partial charge in [0.25, 0.3) is 0 Å². The van der Waals surface area contributed by atoms with E-state index >= 15 is 0 Å². The zero-order valence-electron chi connectivity index (χ0n) is 8.49. The molecule has 13 heavy (non-hydrogen) atoms. The van der Waals surface area contributed by atoms with Gasteiger partial charge in [0.1, 0.15) is 0 Å². The van der Waals surface area contributed by atoms with Gasteiger partial charge in [-0.1, -0.05) is 0 Å². The monoisotopic (exact) mass is 182 g/mol. The third-order valence-corrected chi connectivity index (χ3v) is 2.79. The molecule has 0 saturated carbocycles. The smallest absolute Gasteiger partial charge is 0.0949 e. The van der Waals surface area contributed by atoms with Crippen LogP contribution in [0.15, 0.2) is 0 Å². The standard InChI is InChI=1S/C10H18N2O/c1-9(7-11)12-5-3-10(4-6-12)8-13-2/h9-10H,3-6,8H2,1-2H3. The van der Waals surface area contributed by atoms with E-state index in [9.17, 15) is 0 Å². The first-order valence-electron chi connectivity index (χ1n) is 4.90. The van der Waals surface area contributed by atoms with E-state index in [0.29, 0.717) is 5.92 Å². The van der Waals surface area contributed by atoms with E-state index in [4.69, 9.17) is 10.00 Å². The first-order chi connectivity index (χ1) is 6.27. The van der Waals surface area contributed by atoms with Crippen molar-refractivity contribution in [2.24, 2.45) is 5.92 Å². The zero-order chi connectivity index (χ0) is 9.68. The van der Waals surface area contributed by atoms with Gasteiger partial charge in [0.15, 0.2) is 0 Å². The Hall–Kier alpha value is -0.590. The second kappa shape index (κ2) is 5.21. The molecule has 74 valence electrons. The van der Waals surface area contributed by atoms with E-state index < -0.39 is 0 Å². The van der Waals surface area contributed by atoms with E-state index in [0.717, 1.165) is 19.7 Å². The number of piperidine rings is 1. The largest absolute Gasteiger partial charge is 0.384 e. The number of rotatable bonds is 3. The second-order valence-electron chi connectivity index (χ2n) is 3.74. The molecule has 1 heterocycles. The molecule has 1 aliphatic heterocycles. The predicted molar refractivity (Wildman–Crippen MR) is 51.2 cm³/mol. The molecule has 1 aliphatic rings. The van der Waals surface area contributed by atoms with Crippen molar-refractivity contribution in [1.29, 1.82) is 5.26 Å². The molecule has 0 radical (unpaired) electrons. The van der Waals surface area contributed by atoms with Gasteiger partial charge in [-0.2, -0.15) is 5.26 Å². The minimum absolute atomic E-state index is 0.0727. The summed E-state index contributed by atoms with van der Waals surface area (Å²) in [6, 6.07) is 2.35. The van der Waals surface area contributed by atoms with E-state index in [1.165, 1.54) is 12.8 Å². The summed E-state index contributed by atoms with van der Waals surface area (Å²) in [7, 11) is 1.75. The first-order valence-corrected chi connectivity index (χ1v) is 4.90. The van der Waals surface area contributed by atoms with Crippen molar-refractivity contribution in [3.8, 4) is 6.07 Å². The summed E-state index contributed by atoms with van der Waals surface area (Å²) in [6.07, 6.45) is 2.33. The van der Waals surface area contributed by atoms with Gasteiger partial charge in [0, 0.05) is 13.7 Å². The molecule has 0 aromatic heterocycles. The van der Waals surface area contributed by atoms with Crippen LogP contribution < -0.4 is 0 Å². The zero-order valence-corrected chi connectivity index (χ0v) is 8.49. The Morgan fingerprint density at radius 2 is 2.15 bits per heavy atom. The summed E-state index contributed by atoms with van der Waals surface area (Å²) < 4.78 is 5.12. The molecule has 0 aromatic rings. The normalized spacial score (nSPS) is 22.5. The molecule has 0 spiro atoms. The molecular formula is C10H18N2O. The van der Waals surface area contributed by atoms with Crippen LogP contribution in [-0.2, 0) is 4.74 Å². The van der Waals surface area contributed by atoms with E-state index in [-0.39, 0.29) is 6.04 Å². The number of nitriles is 1. The van der Waals surface area contributed by atoms with Crippen molar-refractivity contribution in [1.82, 2.24) is 4.90 Å². The highest BCUT2D eigenvalue weighted by Gasteiger charge is 2.21. The van der Waals surface area contributed by atoms with Gasteiger partial charge in [-0.3, -0.25) is 4.90 Å². The molecule has 1 saturated heterocycles. The lowest BCUT2D eigenvalue weighted by Gasteiger charge is -2.32. The molecule has 0 aliphatic carbocycles. The van der Waals surface area contributed by atoms with Gasteiger partial charge >= 0.3 is 0 Å². The van der Waals surface area contributed by atoms with Crippen LogP contribution in [0.3, 0.4) is 0 Å². The van der Waals surface area contributed by atoms with Gasteiger partial charge < -0.3 is 4.74 Å². The molecule has 1 fully saturated rings. The molecule has 0 bridgehead atoms. The third kappa shape index (κ3) is 2.98. The number of nitrogens with zero attached hydrogens (tertiary/aromatic N) is 2. The fourth-order valence-corrected chi connectivity index (χ4v) is 1.82. The Morgan fingerprint density at radius 3 is 2.62 bits per heavy atom. The maximum absolute atomic E-state index is 8.74. The fraction of sp³-hybridized carbons (Fsp3) is 0.900. The van der Waals surface area contributed by atoms with E-state index in [1.54, 1.807) is 7.11 Å². The summed E-state index contributed by atoms with van der Waals surface area (Å²) in [5, 5.41) is 8.74. The number of methoxy groups -OCH3 is 1. The highest BCUT2D eigenvalue weighted by molar-refractivity contribution is 4.89. The van der Waals surface area contributed by atoms with Crippen LogP contribution in [0.4, 0.5) is 0 Å². The lowest BCUT2D eigenvalue weighted by Crippen LogP contribution is -2.40. The third-order valence-electron chi connectivity index (χ3n) is 2.79. The van der Waals surface area contributed by atoms with Crippen LogP contribution in [0.2, 0.25) is 0 Å². The first kappa shape index (κ1) is 10.5. The van der Waals surface area contributed by atoms with Crippen LogP contribution in [0.1, 0.15) is 19.8 Å². The van der Waals surface area contributed by atoms with Crippen molar-refractivity contribution in [3.63, 3.8) is 0 Å². The summed E-state index contributed by atoms with van der Waals surface area (Å²) in [6.45, 7) is 4.93. The highest BCUT2D eigenvalue weighted by atomic mass is 16.5. The Bertz CT molecular complexity index is 180. The maximum atomic E-state index is 8.74. The molecule has 1 unspecified atom stereocenters. The van der Waals surface area contributed by atoms with Crippen molar-refractivity contribution in [3.05, 3.63) is 0 Å². The van der Waals surface area contributed by atoms with E-state index in [2.05, 4.69) is 11.0 Å². The molecule has 0 N–H and O–H groups in total. The summed E-state index contributed by atoms with van der Waals surface area (Å²) in [5.41, 5.74) is 0. The topological polar surface area (TPSA) is 36.3 Å². The number of ether oxygens (including phenoxy) is 1. The average Bonchev–Trinajstić information content (AvgIpc) is 2.18. The lowest BCUT2D eigenvalue weighted by molar-refractivity contribution is 0.0929. The SMILES string of the molecule is COCC1CCN(C(C)C#N)CC1. The van der Waals surface area contributed by atoms with Crippen LogP contribution in [-0.4, -0.2) is 37.7 Å². The molecule has 3 heteroatoms. The van der Waals surface area contributed by atoms with Gasteiger partial charge in [0.05, 0.1) is 12.1 Å². The minimum atomic E-state index is 0.0727. The molecule has 3 nitrogen and oxygen atoms in total. The van der Waals surface area contributed by atoms with E-state index in [1.807, 2.05) is 6.92 Å². The molecular weight excluding hydrogens is 164 g/mol.